The molecule has 6 heteroatoms. The van der Waals surface area contributed by atoms with E-state index in [0.717, 1.165) is 12.0 Å². The van der Waals surface area contributed by atoms with Gasteiger partial charge in [-0.15, -0.1) is 0 Å². The molecule has 1 aromatic rings. The van der Waals surface area contributed by atoms with Gasteiger partial charge in [0.25, 0.3) is 0 Å². The van der Waals surface area contributed by atoms with E-state index in [4.69, 9.17) is 23.2 Å². The standard InChI is InChI=1S/C14H13BrCl2N2O/c1-8-5-6-12(16)18-7-9(13(8)17)14(20)10-3-2-4-11(15)19-10/h2-4,7,14,20H,5-6H2,1H3. The molecule has 0 amide bonds. The van der Waals surface area contributed by atoms with Gasteiger partial charge >= 0.3 is 0 Å². The molecule has 0 radical (unpaired) electrons. The highest BCUT2D eigenvalue weighted by Crippen LogP contribution is 2.33. The van der Waals surface area contributed by atoms with E-state index in [-0.39, 0.29) is 0 Å². The van der Waals surface area contributed by atoms with E-state index < -0.39 is 6.10 Å². The lowest BCUT2D eigenvalue weighted by Crippen LogP contribution is -2.07. The third kappa shape index (κ3) is 3.70. The average Bonchev–Trinajstić information content (AvgIpc) is 2.43. The number of pyridine rings is 1. The zero-order valence-corrected chi connectivity index (χ0v) is 13.9. The molecule has 1 atom stereocenters. The third-order valence-corrected chi connectivity index (χ3v) is 4.26. The topological polar surface area (TPSA) is 45.5 Å². The maximum absolute atomic E-state index is 10.5. The van der Waals surface area contributed by atoms with Gasteiger partial charge in [-0.05, 0) is 41.4 Å². The maximum Gasteiger partial charge on any atom is 0.124 e. The highest BCUT2D eigenvalue weighted by atomic mass is 79.9. The number of allylic oxidation sites excluding steroid dienone is 1. The Kier molecular flexibility index (Phi) is 5.38. The molecule has 106 valence electrons. The summed E-state index contributed by atoms with van der Waals surface area (Å²) in [5.74, 6) is 0. The fraction of sp³-hybridized carbons (Fsp3) is 0.286. The van der Waals surface area contributed by atoms with Gasteiger partial charge in [-0.3, -0.25) is 0 Å². The van der Waals surface area contributed by atoms with Gasteiger partial charge in [0, 0.05) is 23.2 Å². The molecule has 0 spiro atoms. The number of rotatable bonds is 2. The highest BCUT2D eigenvalue weighted by molar-refractivity contribution is 9.10. The largest absolute Gasteiger partial charge is 0.382 e. The number of aliphatic hydroxyl groups is 1. The number of hydrogen-bond donors (Lipinski definition) is 1. The maximum atomic E-state index is 10.5. The van der Waals surface area contributed by atoms with Crippen molar-refractivity contribution in [2.24, 2.45) is 4.99 Å². The Balaban J connectivity index is 2.44. The van der Waals surface area contributed by atoms with Crippen molar-refractivity contribution >= 4 is 44.3 Å². The highest BCUT2D eigenvalue weighted by Gasteiger charge is 2.20. The van der Waals surface area contributed by atoms with E-state index in [2.05, 4.69) is 25.9 Å². The molecular formula is C14H13BrCl2N2O. The van der Waals surface area contributed by atoms with Crippen LogP contribution in [0.1, 0.15) is 31.6 Å². The fourth-order valence-electron chi connectivity index (χ4n) is 1.83. The van der Waals surface area contributed by atoms with E-state index in [1.807, 2.05) is 6.92 Å². The number of nitrogens with zero attached hydrogens (tertiary/aromatic N) is 2. The molecule has 1 aromatic heterocycles. The predicted molar refractivity (Wildman–Crippen MR) is 86.1 cm³/mol. The van der Waals surface area contributed by atoms with Crippen LogP contribution in [0.25, 0.3) is 0 Å². The van der Waals surface area contributed by atoms with Crippen molar-refractivity contribution in [3.05, 3.63) is 50.9 Å². The first-order valence-electron chi connectivity index (χ1n) is 6.07. The van der Waals surface area contributed by atoms with Crippen LogP contribution in [-0.2, 0) is 0 Å². The lowest BCUT2D eigenvalue weighted by molar-refractivity contribution is 0.213. The van der Waals surface area contributed by atoms with E-state index in [1.165, 1.54) is 6.20 Å². The smallest absolute Gasteiger partial charge is 0.124 e. The van der Waals surface area contributed by atoms with Crippen molar-refractivity contribution in [2.75, 3.05) is 0 Å². The molecule has 20 heavy (non-hydrogen) atoms. The average molecular weight is 376 g/mol. The summed E-state index contributed by atoms with van der Waals surface area (Å²) in [4.78, 5) is 8.36. The SMILES string of the molecule is CC1=C(Cl)C(C(O)c2cccc(Br)n2)=CN=C(Cl)CC1. The Morgan fingerprint density at radius 2 is 2.05 bits per heavy atom. The molecular weight excluding hydrogens is 363 g/mol. The molecule has 1 aliphatic rings. The second-order valence-corrected chi connectivity index (χ2v) is 6.10. The Morgan fingerprint density at radius 3 is 2.75 bits per heavy atom. The summed E-state index contributed by atoms with van der Waals surface area (Å²) in [5, 5.41) is 11.5. The summed E-state index contributed by atoms with van der Waals surface area (Å²) in [6.45, 7) is 1.92. The predicted octanol–water partition coefficient (Wildman–Crippen LogP) is 4.71. The van der Waals surface area contributed by atoms with Crippen LogP contribution in [0.15, 0.2) is 50.2 Å². The molecule has 0 saturated heterocycles. The molecule has 2 heterocycles. The van der Waals surface area contributed by atoms with E-state index in [1.54, 1.807) is 18.2 Å². The van der Waals surface area contributed by atoms with Crippen LogP contribution in [0.4, 0.5) is 0 Å². The van der Waals surface area contributed by atoms with E-state index in [0.29, 0.717) is 32.5 Å². The summed E-state index contributed by atoms with van der Waals surface area (Å²) in [6, 6.07) is 5.33. The molecule has 1 unspecified atom stereocenters. The number of halogens is 3. The van der Waals surface area contributed by atoms with Crippen LogP contribution in [0.5, 0.6) is 0 Å². The van der Waals surface area contributed by atoms with Gasteiger partial charge in [-0.2, -0.15) is 0 Å². The second kappa shape index (κ2) is 6.85. The Labute approximate surface area is 136 Å². The summed E-state index contributed by atoms with van der Waals surface area (Å²) in [5.41, 5.74) is 1.98. The lowest BCUT2D eigenvalue weighted by Gasteiger charge is -2.17. The number of aliphatic imine (C=N–C) groups is 1. The minimum atomic E-state index is -0.943. The summed E-state index contributed by atoms with van der Waals surface area (Å²) in [7, 11) is 0. The van der Waals surface area contributed by atoms with Gasteiger partial charge < -0.3 is 5.11 Å². The van der Waals surface area contributed by atoms with Crippen LogP contribution < -0.4 is 0 Å². The molecule has 1 N–H and O–H groups in total. The quantitative estimate of drug-likeness (QED) is 0.761. The van der Waals surface area contributed by atoms with Crippen LogP contribution >= 0.6 is 39.1 Å². The first-order valence-corrected chi connectivity index (χ1v) is 7.62. The van der Waals surface area contributed by atoms with Crippen LogP contribution in [0.2, 0.25) is 0 Å². The molecule has 0 bridgehead atoms. The van der Waals surface area contributed by atoms with Crippen LogP contribution in [0.3, 0.4) is 0 Å². The third-order valence-electron chi connectivity index (χ3n) is 2.99. The Morgan fingerprint density at radius 1 is 1.30 bits per heavy atom. The molecule has 1 aliphatic heterocycles. The van der Waals surface area contributed by atoms with Gasteiger partial charge in [-0.25, -0.2) is 9.98 Å². The Hall–Kier alpha value is -0.680. The van der Waals surface area contributed by atoms with Crippen molar-refractivity contribution in [3.8, 4) is 0 Å². The zero-order valence-electron chi connectivity index (χ0n) is 10.8. The molecule has 0 saturated carbocycles. The normalized spacial score (nSPS) is 18.1. The van der Waals surface area contributed by atoms with Gasteiger partial charge in [-0.1, -0.05) is 34.8 Å². The van der Waals surface area contributed by atoms with Gasteiger partial charge in [0.2, 0.25) is 0 Å². The monoisotopic (exact) mass is 374 g/mol. The minimum Gasteiger partial charge on any atom is -0.382 e. The summed E-state index contributed by atoms with van der Waals surface area (Å²) < 4.78 is 0.652. The van der Waals surface area contributed by atoms with Crippen molar-refractivity contribution < 1.29 is 5.11 Å². The molecule has 0 aromatic carbocycles. The number of aliphatic hydroxyl groups excluding tert-OH is 1. The van der Waals surface area contributed by atoms with Gasteiger partial charge in [0.05, 0.1) is 5.69 Å². The number of hydrogen-bond acceptors (Lipinski definition) is 3. The number of aromatic nitrogens is 1. The van der Waals surface area contributed by atoms with Gasteiger partial charge in [0.1, 0.15) is 15.9 Å². The van der Waals surface area contributed by atoms with Crippen LogP contribution in [0, 0.1) is 0 Å². The molecule has 2 rings (SSSR count). The first-order chi connectivity index (χ1) is 9.49. The molecule has 0 aliphatic carbocycles. The first kappa shape index (κ1) is 15.7. The Bertz CT molecular complexity index is 611. The minimum absolute atomic E-state index is 0.500. The lowest BCUT2D eigenvalue weighted by atomic mass is 10.0. The van der Waals surface area contributed by atoms with Gasteiger partial charge in [0.15, 0.2) is 0 Å². The van der Waals surface area contributed by atoms with Crippen molar-refractivity contribution in [2.45, 2.75) is 25.9 Å². The molecule has 3 nitrogen and oxygen atoms in total. The summed E-state index contributed by atoms with van der Waals surface area (Å²) in [6.07, 6.45) is 1.94. The van der Waals surface area contributed by atoms with E-state index >= 15 is 0 Å². The molecule has 0 fully saturated rings. The van der Waals surface area contributed by atoms with Crippen molar-refractivity contribution in [1.82, 2.24) is 4.98 Å². The second-order valence-electron chi connectivity index (χ2n) is 4.47. The van der Waals surface area contributed by atoms with Crippen molar-refractivity contribution in [1.29, 1.82) is 0 Å². The zero-order chi connectivity index (χ0) is 14.7. The van der Waals surface area contributed by atoms with E-state index in [9.17, 15) is 5.11 Å². The summed E-state index contributed by atoms with van der Waals surface area (Å²) >= 11 is 15.6. The fourth-order valence-corrected chi connectivity index (χ4v) is 2.58. The van der Waals surface area contributed by atoms with Crippen molar-refractivity contribution in [3.63, 3.8) is 0 Å². The van der Waals surface area contributed by atoms with Crippen LogP contribution in [-0.4, -0.2) is 15.3 Å².